The molecule has 0 saturated carbocycles. The van der Waals surface area contributed by atoms with Crippen molar-refractivity contribution in [3.63, 3.8) is 0 Å². The summed E-state index contributed by atoms with van der Waals surface area (Å²) in [7, 11) is 1.71. The van der Waals surface area contributed by atoms with E-state index in [1.807, 2.05) is 12.1 Å². The highest BCUT2D eigenvalue weighted by atomic mass is 16.5. The lowest BCUT2D eigenvalue weighted by Crippen LogP contribution is -2.26. The molecule has 146 valence electrons. The summed E-state index contributed by atoms with van der Waals surface area (Å²) in [4.78, 5) is 22.5. The zero-order chi connectivity index (χ0) is 19.5. The Hall–Kier alpha value is -3.13. The summed E-state index contributed by atoms with van der Waals surface area (Å²) in [5.41, 5.74) is 0.917. The average molecular weight is 381 g/mol. The van der Waals surface area contributed by atoms with E-state index in [1.165, 1.54) is 12.8 Å². The molecule has 0 bridgehead atoms. The van der Waals surface area contributed by atoms with Crippen LogP contribution in [0.4, 0.5) is 5.95 Å². The first-order chi connectivity index (χ1) is 13.6. The van der Waals surface area contributed by atoms with Crippen molar-refractivity contribution in [2.24, 2.45) is 7.05 Å². The number of aromatic carboxylic acids is 1. The van der Waals surface area contributed by atoms with Gasteiger partial charge in [0.15, 0.2) is 5.75 Å². The van der Waals surface area contributed by atoms with Gasteiger partial charge in [0.05, 0.1) is 5.52 Å². The Morgan fingerprint density at radius 2 is 2.11 bits per heavy atom. The van der Waals surface area contributed by atoms with Crippen LogP contribution in [0.5, 0.6) is 11.6 Å². The number of para-hydroxylation sites is 1. The van der Waals surface area contributed by atoms with Crippen LogP contribution in [-0.4, -0.2) is 56.7 Å². The third-order valence-electron chi connectivity index (χ3n) is 4.99. The number of benzene rings is 1. The smallest absolute Gasteiger partial charge is 0.352 e. The highest BCUT2D eigenvalue weighted by Crippen LogP contribution is 2.31. The Kier molecular flexibility index (Phi) is 5.12. The van der Waals surface area contributed by atoms with Crippen molar-refractivity contribution < 1.29 is 14.6 Å². The van der Waals surface area contributed by atoms with Gasteiger partial charge in [0, 0.05) is 37.8 Å². The van der Waals surface area contributed by atoms with Gasteiger partial charge in [-0.1, -0.05) is 12.1 Å². The van der Waals surface area contributed by atoms with Crippen LogP contribution in [0, 0.1) is 0 Å². The van der Waals surface area contributed by atoms with Crippen molar-refractivity contribution in [3.8, 4) is 11.6 Å². The number of carboxylic acid groups (broad SMARTS) is 1. The maximum Gasteiger partial charge on any atom is 0.352 e. The third kappa shape index (κ3) is 3.77. The Bertz CT molecular complexity index is 995. The van der Waals surface area contributed by atoms with Crippen molar-refractivity contribution in [1.29, 1.82) is 0 Å². The van der Waals surface area contributed by atoms with Crippen LogP contribution in [0.2, 0.25) is 0 Å². The second-order valence-corrected chi connectivity index (χ2v) is 6.88. The number of hydrogen-bond acceptors (Lipinski definition) is 6. The minimum Gasteiger partial charge on any atom is -0.477 e. The third-order valence-corrected chi connectivity index (χ3v) is 4.99. The molecule has 0 atom stereocenters. The summed E-state index contributed by atoms with van der Waals surface area (Å²) in [6, 6.07) is 8.82. The molecule has 4 rings (SSSR count). The lowest BCUT2D eigenvalue weighted by atomic mass is 10.2. The van der Waals surface area contributed by atoms with Crippen LogP contribution in [0.25, 0.3) is 10.9 Å². The Labute approximate surface area is 162 Å². The van der Waals surface area contributed by atoms with Gasteiger partial charge in [-0.3, -0.25) is 0 Å². The number of ether oxygens (including phenoxy) is 1. The molecule has 2 aromatic heterocycles. The molecule has 0 radical (unpaired) electrons. The van der Waals surface area contributed by atoms with Crippen molar-refractivity contribution in [3.05, 3.63) is 42.2 Å². The van der Waals surface area contributed by atoms with Gasteiger partial charge in [-0.05, 0) is 38.1 Å². The Morgan fingerprint density at radius 1 is 1.29 bits per heavy atom. The number of nitrogens with one attached hydrogen (secondary N) is 1. The molecule has 2 N–H and O–H groups in total. The molecule has 0 amide bonds. The molecule has 0 unspecified atom stereocenters. The van der Waals surface area contributed by atoms with Gasteiger partial charge in [-0.15, -0.1) is 0 Å². The average Bonchev–Trinajstić information content (AvgIpc) is 3.31. The number of likely N-dealkylation sites (tertiary alicyclic amines) is 1. The molecule has 0 aliphatic carbocycles. The first-order valence-corrected chi connectivity index (χ1v) is 9.41. The molecule has 1 aliphatic heterocycles. The van der Waals surface area contributed by atoms with Crippen LogP contribution in [-0.2, 0) is 7.05 Å². The summed E-state index contributed by atoms with van der Waals surface area (Å²) >= 11 is 0. The van der Waals surface area contributed by atoms with Crippen LogP contribution in [0.15, 0.2) is 36.5 Å². The first kappa shape index (κ1) is 18.2. The Balaban J connectivity index is 1.50. The molecule has 8 nitrogen and oxygen atoms in total. The van der Waals surface area contributed by atoms with Crippen LogP contribution in [0.1, 0.15) is 23.3 Å². The molecule has 1 aliphatic rings. The molecule has 28 heavy (non-hydrogen) atoms. The zero-order valence-electron chi connectivity index (χ0n) is 15.8. The fourth-order valence-corrected chi connectivity index (χ4v) is 3.60. The van der Waals surface area contributed by atoms with E-state index < -0.39 is 5.97 Å². The summed E-state index contributed by atoms with van der Waals surface area (Å²) < 4.78 is 7.59. The number of nitrogens with zero attached hydrogens (tertiary/aromatic N) is 4. The van der Waals surface area contributed by atoms with Gasteiger partial charge >= 0.3 is 5.97 Å². The van der Waals surface area contributed by atoms with Crippen LogP contribution >= 0.6 is 0 Å². The maximum absolute atomic E-state index is 11.4. The first-order valence-electron chi connectivity index (χ1n) is 9.41. The van der Waals surface area contributed by atoms with Crippen molar-refractivity contribution >= 4 is 22.8 Å². The lowest BCUT2D eigenvalue weighted by Gasteiger charge is -2.14. The number of fused-ring (bicyclic) bond motifs is 1. The molecule has 3 heterocycles. The lowest BCUT2D eigenvalue weighted by molar-refractivity contribution is 0.0687. The van der Waals surface area contributed by atoms with Crippen molar-refractivity contribution in [1.82, 2.24) is 19.4 Å². The van der Waals surface area contributed by atoms with Gasteiger partial charge in [0.25, 0.3) is 0 Å². The van der Waals surface area contributed by atoms with E-state index >= 15 is 0 Å². The minimum absolute atomic E-state index is 0.206. The van der Waals surface area contributed by atoms with Crippen molar-refractivity contribution in [2.75, 3.05) is 31.5 Å². The summed E-state index contributed by atoms with van der Waals surface area (Å²) in [5, 5.41) is 13.4. The number of rotatable bonds is 7. The number of aryl methyl sites for hydroxylation is 1. The van der Waals surface area contributed by atoms with Crippen LogP contribution in [0.3, 0.4) is 0 Å². The topological polar surface area (TPSA) is 92.5 Å². The molecule has 1 fully saturated rings. The number of aromatic nitrogens is 3. The fourth-order valence-electron chi connectivity index (χ4n) is 3.60. The fraction of sp³-hybridized carbons (Fsp3) is 0.350. The van der Waals surface area contributed by atoms with Gasteiger partial charge in [-0.25, -0.2) is 9.78 Å². The number of carboxylic acids is 1. The second kappa shape index (κ2) is 7.85. The molecular weight excluding hydrogens is 358 g/mol. The summed E-state index contributed by atoms with van der Waals surface area (Å²) in [5.74, 6) is 0.497. The van der Waals surface area contributed by atoms with Gasteiger partial charge in [0.1, 0.15) is 5.69 Å². The summed E-state index contributed by atoms with van der Waals surface area (Å²) in [6.07, 6.45) is 4.19. The predicted molar refractivity (Wildman–Crippen MR) is 106 cm³/mol. The summed E-state index contributed by atoms with van der Waals surface area (Å²) in [6.45, 7) is 4.06. The molecule has 1 saturated heterocycles. The predicted octanol–water partition coefficient (Wildman–Crippen LogP) is 2.97. The number of carbonyl (C=O) groups is 1. The standard InChI is InChI=1S/C20H23N5O3/c1-24-15(19(26)27)13-14-5-4-6-16(18(14)24)28-17-7-8-21-20(23-17)22-9-12-25-10-2-3-11-25/h4-8,13H,2-3,9-12H2,1H3,(H,26,27)(H,21,22,23). The van der Waals surface area contributed by atoms with E-state index in [-0.39, 0.29) is 5.69 Å². The van der Waals surface area contributed by atoms with E-state index in [0.717, 1.165) is 31.6 Å². The van der Waals surface area contributed by atoms with E-state index in [1.54, 1.807) is 36.0 Å². The molecule has 0 spiro atoms. The van der Waals surface area contributed by atoms with Gasteiger partial charge < -0.3 is 24.6 Å². The normalized spacial score (nSPS) is 14.5. The van der Waals surface area contributed by atoms with E-state index in [9.17, 15) is 9.90 Å². The Morgan fingerprint density at radius 3 is 2.89 bits per heavy atom. The van der Waals surface area contributed by atoms with E-state index in [0.29, 0.717) is 23.1 Å². The quantitative estimate of drug-likeness (QED) is 0.650. The highest BCUT2D eigenvalue weighted by Gasteiger charge is 2.16. The van der Waals surface area contributed by atoms with E-state index in [4.69, 9.17) is 4.74 Å². The molecule has 3 aromatic rings. The molecule has 8 heteroatoms. The highest BCUT2D eigenvalue weighted by molar-refractivity contribution is 5.96. The van der Waals surface area contributed by atoms with Gasteiger partial charge in [-0.2, -0.15) is 4.98 Å². The number of anilines is 1. The zero-order valence-corrected chi connectivity index (χ0v) is 15.8. The minimum atomic E-state index is -0.976. The van der Waals surface area contributed by atoms with Gasteiger partial charge in [0.2, 0.25) is 11.8 Å². The molecule has 1 aromatic carbocycles. The van der Waals surface area contributed by atoms with Crippen LogP contribution < -0.4 is 10.1 Å². The van der Waals surface area contributed by atoms with Crippen molar-refractivity contribution in [2.45, 2.75) is 12.8 Å². The van der Waals surface area contributed by atoms with E-state index in [2.05, 4.69) is 20.2 Å². The second-order valence-electron chi connectivity index (χ2n) is 6.88. The molecular formula is C20H23N5O3. The maximum atomic E-state index is 11.4. The monoisotopic (exact) mass is 381 g/mol. The largest absolute Gasteiger partial charge is 0.477 e. The number of hydrogen-bond donors (Lipinski definition) is 2. The SMILES string of the molecule is Cn1c(C(=O)O)cc2cccc(Oc3ccnc(NCCN4CCCC4)n3)c21.